The Hall–Kier alpha value is -2.30. The normalized spacial score (nSPS) is 12.1. The van der Waals surface area contributed by atoms with Crippen LogP contribution in [0.4, 0.5) is 5.69 Å². The van der Waals surface area contributed by atoms with Crippen LogP contribution < -0.4 is 10.2 Å². The lowest BCUT2D eigenvalue weighted by Gasteiger charge is -2.16. The number of rotatable bonds is 6. The molecule has 1 amide bonds. The van der Waals surface area contributed by atoms with E-state index in [1.54, 1.807) is 0 Å². The summed E-state index contributed by atoms with van der Waals surface area (Å²) in [5.41, 5.74) is 5.41. The van der Waals surface area contributed by atoms with Crippen LogP contribution >= 0.6 is 0 Å². The molecule has 1 aromatic heterocycles. The van der Waals surface area contributed by atoms with E-state index < -0.39 is 0 Å². The van der Waals surface area contributed by atoms with Gasteiger partial charge in [-0.3, -0.25) is 9.48 Å². The van der Waals surface area contributed by atoms with Crippen molar-refractivity contribution in [1.29, 1.82) is 0 Å². The van der Waals surface area contributed by atoms with Crippen molar-refractivity contribution in [3.63, 3.8) is 0 Å². The number of nitrogens with one attached hydrogen (secondary N) is 1. The zero-order valence-corrected chi connectivity index (χ0v) is 15.6. The predicted molar refractivity (Wildman–Crippen MR) is 98.5 cm³/mol. The van der Waals surface area contributed by atoms with E-state index in [1.807, 2.05) is 46.6 Å². The first-order valence-corrected chi connectivity index (χ1v) is 8.32. The van der Waals surface area contributed by atoms with E-state index >= 15 is 0 Å². The van der Waals surface area contributed by atoms with Crippen molar-refractivity contribution in [3.05, 3.63) is 46.8 Å². The molecule has 0 aliphatic rings. The number of aromatic nitrogens is 2. The second kappa shape index (κ2) is 7.51. The Morgan fingerprint density at radius 2 is 1.88 bits per heavy atom. The molecule has 24 heavy (non-hydrogen) atoms. The van der Waals surface area contributed by atoms with Gasteiger partial charge in [-0.15, -0.1) is 0 Å². The molecule has 0 spiro atoms. The van der Waals surface area contributed by atoms with E-state index in [4.69, 9.17) is 0 Å². The number of anilines is 1. The van der Waals surface area contributed by atoms with E-state index in [9.17, 15) is 4.79 Å². The molecule has 0 saturated carbocycles. The molecule has 0 aliphatic carbocycles. The summed E-state index contributed by atoms with van der Waals surface area (Å²) in [6.07, 6.45) is 1.21. The molecule has 2 rings (SSSR count). The molecular weight excluding hydrogens is 300 g/mol. The first-order valence-electron chi connectivity index (χ1n) is 8.32. The van der Waals surface area contributed by atoms with Crippen LogP contribution in [0, 0.1) is 13.8 Å². The molecule has 0 fully saturated rings. The van der Waals surface area contributed by atoms with Gasteiger partial charge >= 0.3 is 0 Å². The van der Waals surface area contributed by atoms with Crippen molar-refractivity contribution in [2.45, 2.75) is 39.7 Å². The topological polar surface area (TPSA) is 50.2 Å². The van der Waals surface area contributed by atoms with Crippen LogP contribution in [0.3, 0.4) is 0 Å². The maximum Gasteiger partial charge on any atom is 0.224 e. The van der Waals surface area contributed by atoms with Crippen molar-refractivity contribution >= 4 is 11.6 Å². The molecule has 1 heterocycles. The standard InChI is InChI=1S/C19H28N4O/c1-13(11-16-7-9-17(10-8-16)22(4)5)20-19(24)12-18-14(2)21-23(6)15(18)3/h7-10,13H,11-12H2,1-6H3,(H,20,24)/t13-/m0/s1. The smallest absolute Gasteiger partial charge is 0.224 e. The van der Waals surface area contributed by atoms with Gasteiger partial charge in [0.15, 0.2) is 0 Å². The third-order valence-corrected chi connectivity index (χ3v) is 4.40. The molecule has 1 aromatic carbocycles. The quantitative estimate of drug-likeness (QED) is 0.886. The Labute approximate surface area is 144 Å². The minimum atomic E-state index is 0.0478. The van der Waals surface area contributed by atoms with E-state index in [0.717, 1.165) is 23.4 Å². The van der Waals surface area contributed by atoms with Gasteiger partial charge in [0, 0.05) is 44.1 Å². The van der Waals surface area contributed by atoms with E-state index in [2.05, 4.69) is 39.6 Å². The van der Waals surface area contributed by atoms with Gasteiger partial charge in [-0.05, 0) is 44.9 Å². The number of nitrogens with zero attached hydrogens (tertiary/aromatic N) is 3. The van der Waals surface area contributed by atoms with Gasteiger partial charge in [0.2, 0.25) is 5.91 Å². The third-order valence-electron chi connectivity index (χ3n) is 4.40. The molecule has 0 radical (unpaired) electrons. The molecule has 5 nitrogen and oxygen atoms in total. The minimum absolute atomic E-state index is 0.0478. The second-order valence-corrected chi connectivity index (χ2v) is 6.68. The van der Waals surface area contributed by atoms with E-state index in [-0.39, 0.29) is 11.9 Å². The van der Waals surface area contributed by atoms with Crippen LogP contribution in [0.15, 0.2) is 24.3 Å². The highest BCUT2D eigenvalue weighted by molar-refractivity contribution is 5.79. The zero-order chi connectivity index (χ0) is 17.9. The summed E-state index contributed by atoms with van der Waals surface area (Å²) in [4.78, 5) is 14.4. The summed E-state index contributed by atoms with van der Waals surface area (Å²) in [6.45, 7) is 5.99. The van der Waals surface area contributed by atoms with Gasteiger partial charge in [-0.25, -0.2) is 0 Å². The summed E-state index contributed by atoms with van der Waals surface area (Å²) >= 11 is 0. The minimum Gasteiger partial charge on any atom is -0.378 e. The molecule has 0 saturated heterocycles. The lowest BCUT2D eigenvalue weighted by atomic mass is 10.1. The van der Waals surface area contributed by atoms with Gasteiger partial charge < -0.3 is 10.2 Å². The van der Waals surface area contributed by atoms with Gasteiger partial charge in [0.1, 0.15) is 0 Å². The first-order chi connectivity index (χ1) is 11.3. The molecule has 1 atom stereocenters. The summed E-state index contributed by atoms with van der Waals surface area (Å²) in [5.74, 6) is 0.0478. The molecule has 0 aliphatic heterocycles. The lowest BCUT2D eigenvalue weighted by Crippen LogP contribution is -2.35. The number of carbonyl (C=O) groups is 1. The fourth-order valence-corrected chi connectivity index (χ4v) is 2.89. The Kier molecular flexibility index (Phi) is 5.65. The Bertz CT molecular complexity index is 701. The molecule has 0 bridgehead atoms. The fraction of sp³-hybridized carbons (Fsp3) is 0.474. The Balaban J connectivity index is 1.91. The zero-order valence-electron chi connectivity index (χ0n) is 15.6. The number of hydrogen-bond acceptors (Lipinski definition) is 3. The summed E-state index contributed by atoms with van der Waals surface area (Å²) in [5, 5.41) is 7.46. The first kappa shape index (κ1) is 18.0. The third kappa shape index (κ3) is 4.37. The molecule has 130 valence electrons. The average Bonchev–Trinajstić information content (AvgIpc) is 2.74. The SMILES string of the molecule is Cc1nn(C)c(C)c1CC(=O)N[C@@H](C)Cc1ccc(N(C)C)cc1. The summed E-state index contributed by atoms with van der Waals surface area (Å²) < 4.78 is 1.83. The number of benzene rings is 1. The van der Waals surface area contributed by atoms with Crippen LogP contribution in [-0.2, 0) is 24.7 Å². The van der Waals surface area contributed by atoms with Gasteiger partial charge in [0.25, 0.3) is 0 Å². The van der Waals surface area contributed by atoms with Crippen molar-refractivity contribution in [2.24, 2.45) is 7.05 Å². The maximum atomic E-state index is 12.3. The van der Waals surface area contributed by atoms with E-state index in [1.165, 1.54) is 11.3 Å². The molecule has 1 N–H and O–H groups in total. The number of aryl methyl sites for hydroxylation is 2. The highest BCUT2D eigenvalue weighted by Crippen LogP contribution is 2.14. The number of amides is 1. The number of carbonyl (C=O) groups excluding carboxylic acids is 1. The fourth-order valence-electron chi connectivity index (χ4n) is 2.89. The lowest BCUT2D eigenvalue weighted by molar-refractivity contribution is -0.121. The molecule has 0 unspecified atom stereocenters. The van der Waals surface area contributed by atoms with Crippen LogP contribution in [0.1, 0.15) is 29.4 Å². The van der Waals surface area contributed by atoms with Gasteiger partial charge in [-0.2, -0.15) is 5.10 Å². The molecule has 2 aromatic rings. The van der Waals surface area contributed by atoms with Gasteiger partial charge in [-0.1, -0.05) is 12.1 Å². The van der Waals surface area contributed by atoms with Gasteiger partial charge in [0.05, 0.1) is 12.1 Å². The predicted octanol–water partition coefficient (Wildman–Crippen LogP) is 2.39. The summed E-state index contributed by atoms with van der Waals surface area (Å²) in [6, 6.07) is 8.54. The van der Waals surface area contributed by atoms with Crippen molar-refractivity contribution in [1.82, 2.24) is 15.1 Å². The average molecular weight is 328 g/mol. The largest absolute Gasteiger partial charge is 0.378 e. The van der Waals surface area contributed by atoms with Crippen LogP contribution in [0.25, 0.3) is 0 Å². The van der Waals surface area contributed by atoms with Crippen molar-refractivity contribution in [2.75, 3.05) is 19.0 Å². The molecular formula is C19H28N4O. The Morgan fingerprint density at radius 1 is 1.25 bits per heavy atom. The van der Waals surface area contributed by atoms with Crippen LogP contribution in [0.2, 0.25) is 0 Å². The number of hydrogen-bond donors (Lipinski definition) is 1. The van der Waals surface area contributed by atoms with Crippen molar-refractivity contribution in [3.8, 4) is 0 Å². The maximum absolute atomic E-state index is 12.3. The molecule has 5 heteroatoms. The van der Waals surface area contributed by atoms with E-state index in [0.29, 0.717) is 6.42 Å². The Morgan fingerprint density at radius 3 is 2.38 bits per heavy atom. The highest BCUT2D eigenvalue weighted by Gasteiger charge is 2.15. The van der Waals surface area contributed by atoms with Crippen LogP contribution in [0.5, 0.6) is 0 Å². The van der Waals surface area contributed by atoms with Crippen LogP contribution in [-0.4, -0.2) is 35.8 Å². The monoisotopic (exact) mass is 328 g/mol. The summed E-state index contributed by atoms with van der Waals surface area (Å²) in [7, 11) is 5.96. The van der Waals surface area contributed by atoms with Crippen molar-refractivity contribution < 1.29 is 4.79 Å². The second-order valence-electron chi connectivity index (χ2n) is 6.68. The highest BCUT2D eigenvalue weighted by atomic mass is 16.1.